The van der Waals surface area contributed by atoms with Crippen molar-refractivity contribution in [3.05, 3.63) is 10.4 Å². The zero-order valence-electron chi connectivity index (χ0n) is 23.9. The second kappa shape index (κ2) is 21.4. The van der Waals surface area contributed by atoms with E-state index in [9.17, 15) is 44.7 Å². The number of azide groups is 1. The highest BCUT2D eigenvalue weighted by atomic mass is 19.4. The Morgan fingerprint density at radius 3 is 1.98 bits per heavy atom. The molecular weight excluding hydrogens is 608 g/mol. The fraction of sp³-hybridized carbons (Fsp3) is 0.917. The van der Waals surface area contributed by atoms with Gasteiger partial charge in [-0.3, -0.25) is 9.59 Å². The van der Waals surface area contributed by atoms with Gasteiger partial charge in [-0.15, -0.1) is 0 Å². The highest BCUT2D eigenvalue weighted by Crippen LogP contribution is 2.32. The third-order valence-electron chi connectivity index (χ3n) is 5.38. The van der Waals surface area contributed by atoms with Crippen LogP contribution in [0.4, 0.5) is 35.1 Å². The molecular formula is C24H38F8N4O7. The summed E-state index contributed by atoms with van der Waals surface area (Å²) in [5.74, 6) is -1.97. The summed E-state index contributed by atoms with van der Waals surface area (Å²) < 4.78 is 129. The number of Topliss-reactive ketones (excluding diaryl/α,β-unsaturated/α-hetero) is 1. The quantitative estimate of drug-likeness (QED) is 0.0437. The zero-order chi connectivity index (χ0) is 32.9. The molecule has 0 aromatic carbocycles. The molecule has 0 aliphatic carbocycles. The molecule has 0 N–H and O–H groups in total. The second-order valence-electron chi connectivity index (χ2n) is 8.89. The Bertz CT molecular complexity index is 843. The number of halogens is 8. The lowest BCUT2D eigenvalue weighted by Crippen LogP contribution is -2.46. The van der Waals surface area contributed by atoms with Gasteiger partial charge in [0, 0.05) is 50.6 Å². The number of alkyl halides is 8. The fourth-order valence-corrected chi connectivity index (χ4v) is 3.15. The number of hydrogen-bond acceptors (Lipinski definition) is 8. The predicted octanol–water partition coefficient (Wildman–Crippen LogP) is 5.22. The van der Waals surface area contributed by atoms with Gasteiger partial charge in [-0.05, 0) is 18.4 Å². The standard InChI is InChI=1S/C24H38F8N4O7/c1-3-11-39-15-9-36(10-16-41-14-8-34-35-33)20(38)7-13-40-12-5-6-18(37)21(24(30,31)32)42-17-19(23(27,28)29)43-22(25,26)4-2/h19,21H,3-17H2,1-2H3. The molecule has 0 aromatic rings. The molecule has 2 atom stereocenters. The predicted molar refractivity (Wildman–Crippen MR) is 134 cm³/mol. The lowest BCUT2D eigenvalue weighted by atomic mass is 10.1. The number of ether oxygens (including phenoxy) is 5. The molecule has 0 aliphatic heterocycles. The Morgan fingerprint density at radius 1 is 0.837 bits per heavy atom. The highest BCUT2D eigenvalue weighted by molar-refractivity contribution is 5.83. The molecule has 0 spiro atoms. The highest BCUT2D eigenvalue weighted by Gasteiger charge is 2.50. The van der Waals surface area contributed by atoms with Crippen molar-refractivity contribution in [1.29, 1.82) is 0 Å². The van der Waals surface area contributed by atoms with E-state index in [4.69, 9.17) is 19.7 Å². The first-order valence-corrected chi connectivity index (χ1v) is 13.4. The van der Waals surface area contributed by atoms with Crippen molar-refractivity contribution >= 4 is 11.7 Å². The third-order valence-corrected chi connectivity index (χ3v) is 5.38. The van der Waals surface area contributed by atoms with Crippen molar-refractivity contribution in [2.24, 2.45) is 5.11 Å². The van der Waals surface area contributed by atoms with Crippen LogP contribution in [0.5, 0.6) is 0 Å². The Morgan fingerprint density at radius 2 is 1.44 bits per heavy atom. The summed E-state index contributed by atoms with van der Waals surface area (Å²) in [6.45, 7) is 1.99. The van der Waals surface area contributed by atoms with Crippen molar-refractivity contribution in [3.8, 4) is 0 Å². The molecule has 1 amide bonds. The lowest BCUT2D eigenvalue weighted by Gasteiger charge is -2.27. The summed E-state index contributed by atoms with van der Waals surface area (Å²) in [5.41, 5.74) is 8.24. The lowest BCUT2D eigenvalue weighted by molar-refractivity contribution is -0.338. The SMILES string of the molecule is CCCOCCN(CCOCCN=[N+]=[N-])C(=O)CCOCCCC(=O)C(OCC(OC(F)(F)CC)C(F)(F)F)C(F)(F)F. The van der Waals surface area contributed by atoms with Gasteiger partial charge in [0.1, 0.15) is 0 Å². The van der Waals surface area contributed by atoms with Crippen LogP contribution in [-0.2, 0) is 33.3 Å². The second-order valence-corrected chi connectivity index (χ2v) is 8.89. The van der Waals surface area contributed by atoms with E-state index in [1.54, 1.807) is 0 Å². The Labute approximate surface area is 243 Å². The van der Waals surface area contributed by atoms with Gasteiger partial charge < -0.3 is 28.6 Å². The first-order valence-electron chi connectivity index (χ1n) is 13.4. The number of carbonyl (C=O) groups is 2. The van der Waals surface area contributed by atoms with Crippen LogP contribution in [-0.4, -0.2) is 113 Å². The van der Waals surface area contributed by atoms with Crippen LogP contribution in [0.1, 0.15) is 46.0 Å². The maximum atomic E-state index is 13.3. The molecule has 19 heteroatoms. The fourth-order valence-electron chi connectivity index (χ4n) is 3.15. The molecule has 0 radical (unpaired) electrons. The van der Waals surface area contributed by atoms with Gasteiger partial charge in [0.2, 0.25) is 12.0 Å². The van der Waals surface area contributed by atoms with E-state index in [-0.39, 0.29) is 71.4 Å². The molecule has 0 fully saturated rings. The smallest absolute Gasteiger partial charge is 0.381 e. The van der Waals surface area contributed by atoms with Crippen LogP contribution in [0.25, 0.3) is 10.4 Å². The number of ketones is 1. The summed E-state index contributed by atoms with van der Waals surface area (Å²) in [7, 11) is 0. The van der Waals surface area contributed by atoms with Crippen LogP contribution >= 0.6 is 0 Å². The van der Waals surface area contributed by atoms with E-state index < -0.39 is 55.9 Å². The van der Waals surface area contributed by atoms with Gasteiger partial charge in [0.15, 0.2) is 11.9 Å². The minimum Gasteiger partial charge on any atom is -0.381 e. The Balaban J connectivity index is 4.76. The number of hydrogen-bond donors (Lipinski definition) is 0. The summed E-state index contributed by atoms with van der Waals surface area (Å²) in [6.07, 6.45) is -23.5. The van der Waals surface area contributed by atoms with Gasteiger partial charge in [0.05, 0.1) is 39.5 Å². The van der Waals surface area contributed by atoms with Gasteiger partial charge in [-0.1, -0.05) is 19.0 Å². The molecule has 2 unspecified atom stereocenters. The molecule has 0 aromatic heterocycles. The molecule has 0 aliphatic rings. The van der Waals surface area contributed by atoms with Gasteiger partial charge in [-0.25, -0.2) is 0 Å². The average molecular weight is 647 g/mol. The van der Waals surface area contributed by atoms with E-state index >= 15 is 0 Å². The first kappa shape index (κ1) is 40.7. The maximum Gasteiger partial charge on any atom is 0.421 e. The van der Waals surface area contributed by atoms with Gasteiger partial charge >= 0.3 is 18.5 Å². The largest absolute Gasteiger partial charge is 0.421 e. The summed E-state index contributed by atoms with van der Waals surface area (Å²) in [6, 6.07) is 0. The first-order chi connectivity index (χ1) is 20.1. The van der Waals surface area contributed by atoms with Crippen molar-refractivity contribution < 1.29 is 68.4 Å². The van der Waals surface area contributed by atoms with Crippen LogP contribution in [0.15, 0.2) is 5.11 Å². The molecule has 43 heavy (non-hydrogen) atoms. The number of carbonyl (C=O) groups excluding carboxylic acids is 2. The summed E-state index contributed by atoms with van der Waals surface area (Å²) in [4.78, 5) is 28.7. The molecule has 0 saturated carbocycles. The van der Waals surface area contributed by atoms with E-state index in [0.29, 0.717) is 6.61 Å². The normalized spacial score (nSPS) is 13.8. The molecule has 0 saturated heterocycles. The average Bonchev–Trinajstić information content (AvgIpc) is 2.91. The maximum absolute atomic E-state index is 13.3. The van der Waals surface area contributed by atoms with Crippen LogP contribution in [0.3, 0.4) is 0 Å². The minimum absolute atomic E-state index is 0.115. The van der Waals surface area contributed by atoms with E-state index in [1.165, 1.54) is 4.90 Å². The van der Waals surface area contributed by atoms with Crippen molar-refractivity contribution in [2.45, 2.75) is 76.6 Å². The molecule has 11 nitrogen and oxygen atoms in total. The third kappa shape index (κ3) is 19.6. The zero-order valence-corrected chi connectivity index (χ0v) is 23.9. The summed E-state index contributed by atoms with van der Waals surface area (Å²) in [5, 5.41) is 3.31. The van der Waals surface area contributed by atoms with Crippen LogP contribution < -0.4 is 0 Å². The molecule has 0 heterocycles. The number of nitrogens with zero attached hydrogens (tertiary/aromatic N) is 4. The van der Waals surface area contributed by atoms with Gasteiger partial charge in [0.25, 0.3) is 0 Å². The molecule has 0 bridgehead atoms. The topological polar surface area (TPSA) is 132 Å². The number of rotatable bonds is 25. The van der Waals surface area contributed by atoms with E-state index in [2.05, 4.69) is 19.5 Å². The van der Waals surface area contributed by atoms with Crippen LogP contribution in [0, 0.1) is 0 Å². The minimum atomic E-state index is -5.48. The summed E-state index contributed by atoms with van der Waals surface area (Å²) >= 11 is 0. The van der Waals surface area contributed by atoms with Crippen molar-refractivity contribution in [3.63, 3.8) is 0 Å². The number of amides is 1. The molecule has 0 rings (SSSR count). The van der Waals surface area contributed by atoms with Crippen molar-refractivity contribution in [2.75, 3.05) is 65.9 Å². The Kier molecular flexibility index (Phi) is 20.3. The monoisotopic (exact) mass is 646 g/mol. The van der Waals surface area contributed by atoms with E-state index in [0.717, 1.165) is 13.3 Å². The van der Waals surface area contributed by atoms with E-state index in [1.807, 2.05) is 6.92 Å². The Hall–Kier alpha value is -2.31. The molecule has 252 valence electrons. The van der Waals surface area contributed by atoms with Crippen LogP contribution in [0.2, 0.25) is 0 Å². The van der Waals surface area contributed by atoms with Crippen molar-refractivity contribution in [1.82, 2.24) is 4.90 Å². The van der Waals surface area contributed by atoms with Gasteiger partial charge in [-0.2, -0.15) is 35.1 Å².